The van der Waals surface area contributed by atoms with Crippen molar-refractivity contribution in [2.24, 2.45) is 0 Å². The molecule has 4 heteroatoms. The fourth-order valence-corrected chi connectivity index (χ4v) is 4.63. The van der Waals surface area contributed by atoms with Gasteiger partial charge in [0.15, 0.2) is 5.43 Å². The van der Waals surface area contributed by atoms with E-state index in [-0.39, 0.29) is 5.43 Å². The van der Waals surface area contributed by atoms with Gasteiger partial charge in [0.25, 0.3) is 0 Å². The zero-order valence-corrected chi connectivity index (χ0v) is 14.4. The Morgan fingerprint density at radius 2 is 1.52 bits per heavy atom. The molecular formula is C21H10ClFOS. The quantitative estimate of drug-likeness (QED) is 0.286. The lowest BCUT2D eigenvalue weighted by molar-refractivity contribution is 0.630. The van der Waals surface area contributed by atoms with Crippen LogP contribution in [0, 0.1) is 5.82 Å². The van der Waals surface area contributed by atoms with Crippen molar-refractivity contribution < 1.29 is 4.39 Å². The summed E-state index contributed by atoms with van der Waals surface area (Å²) in [6.45, 7) is 0. The van der Waals surface area contributed by atoms with Crippen molar-refractivity contribution in [2.75, 3.05) is 0 Å². The Morgan fingerprint density at radius 3 is 2.40 bits per heavy atom. The molecule has 1 aromatic heterocycles. The summed E-state index contributed by atoms with van der Waals surface area (Å²) in [5.41, 5.74) is -0.135. The van der Waals surface area contributed by atoms with Crippen molar-refractivity contribution >= 4 is 64.7 Å². The summed E-state index contributed by atoms with van der Waals surface area (Å²) in [5.74, 6) is -0.394. The number of rotatable bonds is 0. The molecule has 0 bridgehead atoms. The Bertz CT molecular complexity index is 1390. The van der Waals surface area contributed by atoms with E-state index in [4.69, 9.17) is 11.6 Å². The first kappa shape index (κ1) is 14.8. The molecule has 1 heterocycles. The third-order valence-electron chi connectivity index (χ3n) is 4.53. The molecule has 25 heavy (non-hydrogen) atoms. The summed E-state index contributed by atoms with van der Waals surface area (Å²) in [4.78, 5) is 12.8. The van der Waals surface area contributed by atoms with Crippen molar-refractivity contribution in [1.82, 2.24) is 0 Å². The Kier molecular flexibility index (Phi) is 3.11. The van der Waals surface area contributed by atoms with Gasteiger partial charge in [0.05, 0.1) is 0 Å². The van der Waals surface area contributed by atoms with E-state index in [0.717, 1.165) is 30.9 Å². The van der Waals surface area contributed by atoms with Crippen LogP contribution in [-0.2, 0) is 0 Å². The standard InChI is InChI=1S/C21H10ClFOS/c22-18-3-1-2-11-6-12-9-20-16(8-13(12)7-15(11)18)21(24)17-10-14(23)4-5-19(17)25-20/h1-10H. The lowest BCUT2D eigenvalue weighted by Gasteiger charge is -2.07. The molecule has 0 radical (unpaired) electrons. The van der Waals surface area contributed by atoms with Gasteiger partial charge in [-0.3, -0.25) is 4.79 Å². The summed E-state index contributed by atoms with van der Waals surface area (Å²) in [7, 11) is 0. The van der Waals surface area contributed by atoms with Gasteiger partial charge in [0, 0.05) is 30.6 Å². The van der Waals surface area contributed by atoms with Crippen molar-refractivity contribution in [3.63, 3.8) is 0 Å². The number of benzene rings is 4. The highest BCUT2D eigenvalue weighted by Gasteiger charge is 2.10. The zero-order valence-electron chi connectivity index (χ0n) is 12.8. The fraction of sp³-hybridized carbons (Fsp3) is 0. The maximum atomic E-state index is 13.5. The second-order valence-electron chi connectivity index (χ2n) is 6.08. The Labute approximate surface area is 150 Å². The maximum absolute atomic E-state index is 13.5. The Hall–Kier alpha value is -2.49. The van der Waals surface area contributed by atoms with Gasteiger partial charge in [-0.25, -0.2) is 4.39 Å². The van der Waals surface area contributed by atoms with E-state index in [1.165, 1.54) is 23.5 Å². The second-order valence-corrected chi connectivity index (χ2v) is 7.57. The molecular weight excluding hydrogens is 355 g/mol. The summed E-state index contributed by atoms with van der Waals surface area (Å²) in [5, 5.41) is 5.75. The average Bonchev–Trinajstić information content (AvgIpc) is 2.60. The normalized spacial score (nSPS) is 11.8. The molecule has 0 saturated carbocycles. The predicted molar refractivity (Wildman–Crippen MR) is 106 cm³/mol. The van der Waals surface area contributed by atoms with Crippen LogP contribution in [0.15, 0.2) is 65.5 Å². The first-order chi connectivity index (χ1) is 12.1. The van der Waals surface area contributed by atoms with Crippen LogP contribution in [0.25, 0.3) is 41.7 Å². The van der Waals surface area contributed by atoms with E-state index >= 15 is 0 Å². The van der Waals surface area contributed by atoms with Crippen LogP contribution in [-0.4, -0.2) is 0 Å². The maximum Gasteiger partial charge on any atom is 0.195 e. The summed E-state index contributed by atoms with van der Waals surface area (Å²) >= 11 is 7.81. The SMILES string of the molecule is O=c1c2cc(F)ccc2sc2cc3cc4cccc(Cl)c4cc3cc12. The van der Waals surface area contributed by atoms with E-state index in [1.807, 2.05) is 36.4 Å². The lowest BCUT2D eigenvalue weighted by atomic mass is 10.0. The minimum Gasteiger partial charge on any atom is -0.289 e. The Morgan fingerprint density at radius 1 is 0.760 bits per heavy atom. The van der Waals surface area contributed by atoms with Crippen molar-refractivity contribution in [3.05, 3.63) is 81.7 Å². The van der Waals surface area contributed by atoms with Crippen LogP contribution in [0.4, 0.5) is 4.39 Å². The second kappa shape index (κ2) is 5.25. The molecule has 0 fully saturated rings. The van der Waals surface area contributed by atoms with E-state index < -0.39 is 5.82 Å². The summed E-state index contributed by atoms with van der Waals surface area (Å²) < 4.78 is 15.2. The highest BCUT2D eigenvalue weighted by atomic mass is 35.5. The van der Waals surface area contributed by atoms with Crippen LogP contribution >= 0.6 is 22.9 Å². The molecule has 0 amide bonds. The molecule has 5 aromatic rings. The topological polar surface area (TPSA) is 17.1 Å². The molecule has 0 N–H and O–H groups in total. The first-order valence-electron chi connectivity index (χ1n) is 7.78. The zero-order chi connectivity index (χ0) is 17.1. The fourth-order valence-electron chi connectivity index (χ4n) is 3.31. The van der Waals surface area contributed by atoms with Crippen LogP contribution in [0.2, 0.25) is 5.02 Å². The lowest BCUT2D eigenvalue weighted by Crippen LogP contribution is -2.01. The molecule has 120 valence electrons. The molecule has 0 aliphatic heterocycles. The molecule has 0 atom stereocenters. The van der Waals surface area contributed by atoms with Gasteiger partial charge in [-0.05, 0) is 64.7 Å². The van der Waals surface area contributed by atoms with Gasteiger partial charge in [0.2, 0.25) is 0 Å². The van der Waals surface area contributed by atoms with Crippen molar-refractivity contribution in [3.8, 4) is 0 Å². The summed E-state index contributed by atoms with van der Waals surface area (Å²) in [6, 6.07) is 18.2. The largest absolute Gasteiger partial charge is 0.289 e. The number of fused-ring (bicyclic) bond motifs is 4. The van der Waals surface area contributed by atoms with E-state index in [0.29, 0.717) is 15.8 Å². The highest BCUT2D eigenvalue weighted by Crippen LogP contribution is 2.33. The van der Waals surface area contributed by atoms with Gasteiger partial charge in [-0.1, -0.05) is 23.7 Å². The molecule has 0 spiro atoms. The van der Waals surface area contributed by atoms with Crippen molar-refractivity contribution in [2.45, 2.75) is 0 Å². The molecule has 5 rings (SSSR count). The minimum atomic E-state index is -0.394. The van der Waals surface area contributed by atoms with Crippen LogP contribution < -0.4 is 5.43 Å². The van der Waals surface area contributed by atoms with E-state index in [9.17, 15) is 9.18 Å². The Balaban J connectivity index is 1.96. The van der Waals surface area contributed by atoms with E-state index in [2.05, 4.69) is 6.07 Å². The van der Waals surface area contributed by atoms with Gasteiger partial charge < -0.3 is 0 Å². The highest BCUT2D eigenvalue weighted by molar-refractivity contribution is 7.24. The smallest absolute Gasteiger partial charge is 0.195 e. The third-order valence-corrected chi connectivity index (χ3v) is 6.00. The minimum absolute atomic E-state index is 0.135. The third kappa shape index (κ3) is 2.24. The molecule has 0 aliphatic carbocycles. The van der Waals surface area contributed by atoms with E-state index in [1.54, 1.807) is 6.07 Å². The first-order valence-corrected chi connectivity index (χ1v) is 8.98. The molecule has 1 nitrogen and oxygen atoms in total. The molecule has 4 aromatic carbocycles. The van der Waals surface area contributed by atoms with Crippen LogP contribution in [0.3, 0.4) is 0 Å². The van der Waals surface area contributed by atoms with Crippen LogP contribution in [0.1, 0.15) is 0 Å². The molecule has 0 unspecified atom stereocenters. The van der Waals surface area contributed by atoms with Gasteiger partial charge in [-0.2, -0.15) is 0 Å². The molecule has 0 saturated heterocycles. The summed E-state index contributed by atoms with van der Waals surface area (Å²) in [6.07, 6.45) is 0. The number of hydrogen-bond acceptors (Lipinski definition) is 2. The number of hydrogen-bond donors (Lipinski definition) is 0. The van der Waals surface area contributed by atoms with Gasteiger partial charge in [-0.15, -0.1) is 11.3 Å². The molecule has 0 aliphatic rings. The van der Waals surface area contributed by atoms with Gasteiger partial charge in [0.1, 0.15) is 5.82 Å². The van der Waals surface area contributed by atoms with Gasteiger partial charge >= 0.3 is 0 Å². The number of halogens is 2. The monoisotopic (exact) mass is 364 g/mol. The average molecular weight is 365 g/mol. The predicted octanol–water partition coefficient (Wildman–Crippen LogP) is 6.51. The van der Waals surface area contributed by atoms with Crippen molar-refractivity contribution in [1.29, 1.82) is 0 Å². The van der Waals surface area contributed by atoms with Crippen LogP contribution in [0.5, 0.6) is 0 Å².